The highest BCUT2D eigenvalue weighted by Crippen LogP contribution is 2.23. The van der Waals surface area contributed by atoms with E-state index in [0.717, 1.165) is 60.1 Å². The zero-order valence-corrected chi connectivity index (χ0v) is 17.1. The fourth-order valence-electron chi connectivity index (χ4n) is 3.68. The second-order valence-corrected chi connectivity index (χ2v) is 7.85. The van der Waals surface area contributed by atoms with E-state index in [1.54, 1.807) is 0 Å². The molecule has 6 heteroatoms. The first-order valence-corrected chi connectivity index (χ1v) is 10.3. The van der Waals surface area contributed by atoms with Gasteiger partial charge in [-0.15, -0.1) is 0 Å². The van der Waals surface area contributed by atoms with Gasteiger partial charge in [0.1, 0.15) is 0 Å². The number of aromatic nitrogens is 4. The van der Waals surface area contributed by atoms with Crippen molar-refractivity contribution in [1.82, 2.24) is 24.8 Å². The summed E-state index contributed by atoms with van der Waals surface area (Å²) in [5.74, 6) is 1.51. The predicted molar refractivity (Wildman–Crippen MR) is 118 cm³/mol. The van der Waals surface area contributed by atoms with Gasteiger partial charge in [-0.25, -0.2) is 19.9 Å². The lowest BCUT2D eigenvalue weighted by molar-refractivity contribution is 0.242. The molecule has 0 aliphatic carbocycles. The minimum atomic E-state index is 0.716. The van der Waals surface area contributed by atoms with Gasteiger partial charge in [-0.1, -0.05) is 41.9 Å². The molecule has 0 bridgehead atoms. The van der Waals surface area contributed by atoms with Crippen LogP contribution in [0.15, 0.2) is 73.2 Å². The first-order valence-electron chi connectivity index (χ1n) is 9.94. The Hall–Kier alpha value is -3.15. The number of benzene rings is 2. The predicted octanol–water partition coefficient (Wildman–Crippen LogP) is 4.81. The minimum Gasteiger partial charge on any atom is -0.294 e. The van der Waals surface area contributed by atoms with Gasteiger partial charge in [-0.2, -0.15) is 0 Å². The molecule has 3 heterocycles. The van der Waals surface area contributed by atoms with E-state index in [2.05, 4.69) is 19.9 Å². The smallest absolute Gasteiger partial charge is 0.159 e. The Morgan fingerprint density at radius 1 is 0.800 bits per heavy atom. The maximum absolute atomic E-state index is 5.98. The minimum absolute atomic E-state index is 0.716. The van der Waals surface area contributed by atoms with Crippen LogP contribution >= 0.6 is 11.6 Å². The monoisotopic (exact) mass is 413 g/mol. The molecular weight excluding hydrogens is 394 g/mol. The number of nitrogens with zero attached hydrogens (tertiary/aromatic N) is 5. The van der Waals surface area contributed by atoms with Crippen molar-refractivity contribution in [3.05, 3.63) is 95.0 Å². The van der Waals surface area contributed by atoms with Crippen LogP contribution in [0.1, 0.15) is 16.8 Å². The number of hydrogen-bond donors (Lipinski definition) is 0. The Kier molecular flexibility index (Phi) is 5.22. The van der Waals surface area contributed by atoms with Crippen LogP contribution in [0.3, 0.4) is 0 Å². The van der Waals surface area contributed by atoms with E-state index >= 15 is 0 Å². The van der Waals surface area contributed by atoms with Crippen LogP contribution in [-0.2, 0) is 19.5 Å². The standard InChI is InChI=1S/C24H20ClN5/c25-21-8-6-19(7-9-21)24-28-14-20-16-30(11-10-22(20)29-24)15-17-12-26-23(27-13-17)18-4-2-1-3-5-18/h1-9,12-14H,10-11,15-16H2. The Balaban J connectivity index is 1.27. The van der Waals surface area contributed by atoms with Crippen molar-refractivity contribution in [2.45, 2.75) is 19.5 Å². The average molecular weight is 414 g/mol. The number of rotatable bonds is 4. The van der Waals surface area contributed by atoms with Crippen LogP contribution in [0.25, 0.3) is 22.8 Å². The summed E-state index contributed by atoms with van der Waals surface area (Å²) in [6, 6.07) is 17.7. The fraction of sp³-hybridized carbons (Fsp3) is 0.167. The van der Waals surface area contributed by atoms with Crippen LogP contribution < -0.4 is 0 Å². The summed E-state index contributed by atoms with van der Waals surface area (Å²) in [6.45, 7) is 2.59. The molecule has 5 rings (SSSR count). The molecule has 0 fully saturated rings. The molecule has 1 aliphatic rings. The molecule has 0 saturated carbocycles. The zero-order valence-electron chi connectivity index (χ0n) is 16.4. The van der Waals surface area contributed by atoms with Gasteiger partial charge >= 0.3 is 0 Å². The van der Waals surface area contributed by atoms with Crippen molar-refractivity contribution in [2.75, 3.05) is 6.54 Å². The molecule has 1 aliphatic heterocycles. The third-order valence-corrected chi connectivity index (χ3v) is 5.51. The summed E-state index contributed by atoms with van der Waals surface area (Å²) >= 11 is 5.98. The molecule has 148 valence electrons. The lowest BCUT2D eigenvalue weighted by Gasteiger charge is -2.27. The van der Waals surface area contributed by atoms with Gasteiger partial charge in [0.2, 0.25) is 0 Å². The van der Waals surface area contributed by atoms with Gasteiger partial charge < -0.3 is 0 Å². The number of hydrogen-bond acceptors (Lipinski definition) is 5. The molecule has 0 amide bonds. The highest BCUT2D eigenvalue weighted by molar-refractivity contribution is 6.30. The maximum atomic E-state index is 5.98. The summed E-state index contributed by atoms with van der Waals surface area (Å²) in [5.41, 5.74) is 5.43. The Morgan fingerprint density at radius 3 is 2.27 bits per heavy atom. The SMILES string of the molecule is Clc1ccc(-c2ncc3c(n2)CCN(Cc2cnc(-c4ccccc4)nc2)C3)cc1. The molecule has 0 spiro atoms. The Bertz CT molecular complexity index is 1140. The lowest BCUT2D eigenvalue weighted by atomic mass is 10.1. The Morgan fingerprint density at radius 2 is 1.50 bits per heavy atom. The molecule has 5 nitrogen and oxygen atoms in total. The van der Waals surface area contributed by atoms with E-state index in [4.69, 9.17) is 16.6 Å². The molecule has 0 N–H and O–H groups in total. The second-order valence-electron chi connectivity index (χ2n) is 7.41. The maximum Gasteiger partial charge on any atom is 0.159 e. The fourth-order valence-corrected chi connectivity index (χ4v) is 3.80. The van der Waals surface area contributed by atoms with E-state index in [-0.39, 0.29) is 0 Å². The third kappa shape index (κ3) is 4.08. The van der Waals surface area contributed by atoms with Crippen LogP contribution in [-0.4, -0.2) is 31.4 Å². The van der Waals surface area contributed by atoms with E-state index in [1.165, 1.54) is 5.56 Å². The molecule has 0 atom stereocenters. The summed E-state index contributed by atoms with van der Waals surface area (Å²) in [5, 5.41) is 0.716. The molecular formula is C24H20ClN5. The zero-order chi connectivity index (χ0) is 20.3. The van der Waals surface area contributed by atoms with Crippen LogP contribution in [0, 0.1) is 0 Å². The average Bonchev–Trinajstić information content (AvgIpc) is 2.80. The van der Waals surface area contributed by atoms with Crippen molar-refractivity contribution in [3.8, 4) is 22.8 Å². The molecule has 0 saturated heterocycles. The van der Waals surface area contributed by atoms with Gasteiger partial charge in [-0.3, -0.25) is 4.90 Å². The normalized spacial score (nSPS) is 13.8. The lowest BCUT2D eigenvalue weighted by Crippen LogP contribution is -2.31. The highest BCUT2D eigenvalue weighted by atomic mass is 35.5. The van der Waals surface area contributed by atoms with Gasteiger partial charge in [0.25, 0.3) is 0 Å². The number of fused-ring (bicyclic) bond motifs is 1. The summed E-state index contributed by atoms with van der Waals surface area (Å²) in [4.78, 5) is 20.8. The van der Waals surface area contributed by atoms with E-state index in [0.29, 0.717) is 5.02 Å². The largest absolute Gasteiger partial charge is 0.294 e. The van der Waals surface area contributed by atoms with Gasteiger partial charge in [-0.05, 0) is 24.3 Å². The first-order chi connectivity index (χ1) is 14.7. The van der Waals surface area contributed by atoms with Gasteiger partial charge in [0.05, 0.1) is 5.69 Å². The van der Waals surface area contributed by atoms with E-state index in [1.807, 2.05) is 73.2 Å². The molecule has 2 aromatic carbocycles. The molecule has 2 aromatic heterocycles. The van der Waals surface area contributed by atoms with Gasteiger partial charge in [0.15, 0.2) is 11.6 Å². The quantitative estimate of drug-likeness (QED) is 0.480. The van der Waals surface area contributed by atoms with Gasteiger partial charge in [0, 0.05) is 71.9 Å². The van der Waals surface area contributed by atoms with E-state index < -0.39 is 0 Å². The second kappa shape index (κ2) is 8.30. The van der Waals surface area contributed by atoms with Crippen molar-refractivity contribution in [2.24, 2.45) is 0 Å². The van der Waals surface area contributed by atoms with Crippen molar-refractivity contribution in [3.63, 3.8) is 0 Å². The van der Waals surface area contributed by atoms with Crippen LogP contribution in [0.5, 0.6) is 0 Å². The first kappa shape index (κ1) is 18.9. The number of halogens is 1. The summed E-state index contributed by atoms with van der Waals surface area (Å²) in [7, 11) is 0. The van der Waals surface area contributed by atoms with Crippen LogP contribution in [0.4, 0.5) is 0 Å². The highest BCUT2D eigenvalue weighted by Gasteiger charge is 2.19. The topological polar surface area (TPSA) is 54.8 Å². The molecule has 0 unspecified atom stereocenters. The summed E-state index contributed by atoms with van der Waals surface area (Å²) < 4.78 is 0. The molecule has 0 radical (unpaired) electrons. The van der Waals surface area contributed by atoms with E-state index in [9.17, 15) is 0 Å². The Labute approximate surface area is 180 Å². The third-order valence-electron chi connectivity index (χ3n) is 5.26. The van der Waals surface area contributed by atoms with Crippen molar-refractivity contribution < 1.29 is 0 Å². The summed E-state index contributed by atoms with van der Waals surface area (Å²) in [6.07, 6.45) is 6.70. The van der Waals surface area contributed by atoms with Crippen molar-refractivity contribution >= 4 is 11.6 Å². The van der Waals surface area contributed by atoms with Crippen LogP contribution in [0.2, 0.25) is 5.02 Å². The van der Waals surface area contributed by atoms with Crippen molar-refractivity contribution in [1.29, 1.82) is 0 Å². The molecule has 30 heavy (non-hydrogen) atoms. The molecule has 4 aromatic rings.